The average molecular weight is 510 g/mol. The van der Waals surface area contributed by atoms with Crippen molar-refractivity contribution in [1.29, 1.82) is 0 Å². The summed E-state index contributed by atoms with van der Waals surface area (Å²) in [6.45, 7) is -0.790. The van der Waals surface area contributed by atoms with Crippen molar-refractivity contribution in [3.63, 3.8) is 0 Å². The highest BCUT2D eigenvalue weighted by atomic mass is 16.7. The fourth-order valence-electron chi connectivity index (χ4n) is 5.42. The molecule has 0 saturated carbocycles. The maximum Gasteiger partial charge on any atom is 0.340 e. The largest absolute Gasteiger partial charge is 0.508 e. The maximum atomic E-state index is 13.5. The molecule has 6 rings (SSSR count). The second kappa shape index (κ2) is 7.89. The molecule has 11 heteroatoms. The first-order valence-corrected chi connectivity index (χ1v) is 11.4. The molecule has 7 N–H and O–H groups in total. The molecule has 0 aromatic heterocycles. The molecule has 3 aromatic carbocycles. The SMILES string of the molecule is O=C1OC2(c3ccc(O)cc3Oc3cc(O)ccc32)c2cccc([C@]3(O)O[C@H](CO)[C@H](O)[C@H](O)[C@H]3O)c21. The monoisotopic (exact) mass is 510 g/mol. The molecule has 0 amide bonds. The minimum atomic E-state index is -2.71. The van der Waals surface area contributed by atoms with Crippen molar-refractivity contribution in [3.8, 4) is 23.0 Å². The molecule has 1 saturated heterocycles. The Morgan fingerprint density at radius 2 is 1.41 bits per heavy atom. The van der Waals surface area contributed by atoms with Crippen LogP contribution in [-0.2, 0) is 20.9 Å². The van der Waals surface area contributed by atoms with Gasteiger partial charge in [-0.15, -0.1) is 0 Å². The van der Waals surface area contributed by atoms with Gasteiger partial charge in [0.05, 0.1) is 12.2 Å². The predicted octanol–water partition coefficient (Wildman–Crippen LogP) is 0.285. The van der Waals surface area contributed by atoms with Gasteiger partial charge < -0.3 is 50.0 Å². The van der Waals surface area contributed by atoms with Crippen LogP contribution in [0.5, 0.6) is 23.0 Å². The van der Waals surface area contributed by atoms with E-state index in [2.05, 4.69) is 0 Å². The molecule has 37 heavy (non-hydrogen) atoms. The van der Waals surface area contributed by atoms with Gasteiger partial charge in [-0.3, -0.25) is 0 Å². The summed E-state index contributed by atoms with van der Waals surface area (Å²) in [5, 5.41) is 72.5. The van der Waals surface area contributed by atoms with Gasteiger partial charge in [0.15, 0.2) is 5.60 Å². The molecule has 192 valence electrons. The number of hydrogen-bond acceptors (Lipinski definition) is 11. The molecule has 1 fully saturated rings. The van der Waals surface area contributed by atoms with Crippen LogP contribution in [0.2, 0.25) is 0 Å². The number of aliphatic hydroxyl groups is 5. The summed E-state index contributed by atoms with van der Waals surface area (Å²) in [4.78, 5) is 13.5. The third-order valence-electron chi connectivity index (χ3n) is 7.15. The number of carbonyl (C=O) groups excluding carboxylic acids is 1. The van der Waals surface area contributed by atoms with Crippen LogP contribution in [0.25, 0.3) is 0 Å². The Morgan fingerprint density at radius 3 is 2.00 bits per heavy atom. The van der Waals surface area contributed by atoms with E-state index in [9.17, 15) is 40.5 Å². The standard InChI is InChI=1S/C26H22O11/c27-10-19-21(30)22(31)23(32)26(34,36-19)16-3-1-2-15-20(16)24(33)37-25(15)13-6-4-11(28)8-17(13)35-18-9-12(29)5-7-14(18)25/h1-9,19,21-23,27-32,34H,10H2/t19-,21+,22+,23-,26+/m1/s1. The third kappa shape index (κ3) is 3.07. The average Bonchev–Trinajstić information content (AvgIpc) is 3.17. The molecule has 11 nitrogen and oxygen atoms in total. The van der Waals surface area contributed by atoms with E-state index in [1.807, 2.05) is 0 Å². The number of hydrogen-bond donors (Lipinski definition) is 7. The van der Waals surface area contributed by atoms with Crippen molar-refractivity contribution in [2.45, 2.75) is 35.8 Å². The second-order valence-electron chi connectivity index (χ2n) is 9.22. The minimum absolute atomic E-state index is 0.119. The highest BCUT2D eigenvalue weighted by Crippen LogP contribution is 2.58. The van der Waals surface area contributed by atoms with Crippen LogP contribution in [-0.4, -0.2) is 72.7 Å². The van der Waals surface area contributed by atoms with Crippen LogP contribution in [0.15, 0.2) is 54.6 Å². The maximum absolute atomic E-state index is 13.5. The van der Waals surface area contributed by atoms with Gasteiger partial charge in [0, 0.05) is 34.4 Å². The first-order valence-electron chi connectivity index (χ1n) is 11.4. The number of carbonyl (C=O) groups is 1. The summed E-state index contributed by atoms with van der Waals surface area (Å²) in [6.07, 6.45) is -7.18. The molecule has 5 atom stereocenters. The molecule has 3 heterocycles. The smallest absolute Gasteiger partial charge is 0.340 e. The van der Waals surface area contributed by atoms with Crippen LogP contribution in [0, 0.1) is 0 Å². The van der Waals surface area contributed by atoms with E-state index in [1.165, 1.54) is 48.5 Å². The lowest BCUT2D eigenvalue weighted by Crippen LogP contribution is -2.63. The Labute approximate surface area is 209 Å². The lowest BCUT2D eigenvalue weighted by Gasteiger charge is -2.45. The number of phenols is 2. The van der Waals surface area contributed by atoms with Gasteiger partial charge in [0.1, 0.15) is 47.4 Å². The molecule has 0 unspecified atom stereocenters. The Bertz CT molecular complexity index is 1380. The number of phenolic OH excluding ortho intramolecular Hbond substituents is 2. The molecular weight excluding hydrogens is 488 g/mol. The molecule has 3 aliphatic heterocycles. The molecule has 3 aromatic rings. The zero-order valence-corrected chi connectivity index (χ0v) is 19.0. The van der Waals surface area contributed by atoms with Gasteiger partial charge in [-0.05, 0) is 24.3 Å². The van der Waals surface area contributed by atoms with Crippen LogP contribution in [0.3, 0.4) is 0 Å². The number of aliphatic hydroxyl groups excluding tert-OH is 4. The molecule has 0 aliphatic carbocycles. The highest BCUT2D eigenvalue weighted by molar-refractivity contribution is 5.99. The highest BCUT2D eigenvalue weighted by Gasteiger charge is 2.59. The van der Waals surface area contributed by atoms with E-state index in [4.69, 9.17) is 14.2 Å². The van der Waals surface area contributed by atoms with E-state index in [0.29, 0.717) is 11.1 Å². The van der Waals surface area contributed by atoms with Crippen molar-refractivity contribution >= 4 is 5.97 Å². The first kappa shape index (κ1) is 23.7. The minimum Gasteiger partial charge on any atom is -0.508 e. The second-order valence-corrected chi connectivity index (χ2v) is 9.22. The number of aromatic hydroxyl groups is 2. The first-order chi connectivity index (χ1) is 17.6. The number of esters is 1. The van der Waals surface area contributed by atoms with Crippen molar-refractivity contribution in [3.05, 3.63) is 82.4 Å². The fourth-order valence-corrected chi connectivity index (χ4v) is 5.42. The zero-order chi connectivity index (χ0) is 26.3. The number of benzene rings is 3. The molecule has 0 radical (unpaired) electrons. The molecular formula is C26H22O11. The topological polar surface area (TPSA) is 186 Å². The van der Waals surface area contributed by atoms with E-state index in [-0.39, 0.29) is 39.7 Å². The van der Waals surface area contributed by atoms with E-state index in [0.717, 1.165) is 0 Å². The summed E-state index contributed by atoms with van der Waals surface area (Å²) in [5.41, 5.74) is -1.16. The van der Waals surface area contributed by atoms with E-state index >= 15 is 0 Å². The molecule has 1 spiro atoms. The van der Waals surface area contributed by atoms with Gasteiger partial charge in [-0.2, -0.15) is 0 Å². The Hall–Kier alpha value is -3.71. The van der Waals surface area contributed by atoms with Gasteiger partial charge in [0.2, 0.25) is 5.79 Å². The zero-order valence-electron chi connectivity index (χ0n) is 19.0. The van der Waals surface area contributed by atoms with Crippen molar-refractivity contribution in [2.24, 2.45) is 0 Å². The summed E-state index contributed by atoms with van der Waals surface area (Å²) in [7, 11) is 0. The fraction of sp³-hybridized carbons (Fsp3) is 0.269. The lowest BCUT2D eigenvalue weighted by molar-refractivity contribution is -0.357. The molecule has 3 aliphatic rings. The normalized spacial score (nSPS) is 29.2. The van der Waals surface area contributed by atoms with Gasteiger partial charge >= 0.3 is 5.97 Å². The van der Waals surface area contributed by atoms with Crippen molar-refractivity contribution in [2.75, 3.05) is 6.61 Å². The lowest BCUT2D eigenvalue weighted by atomic mass is 9.76. The number of fused-ring (bicyclic) bond motifs is 6. The van der Waals surface area contributed by atoms with Crippen LogP contribution < -0.4 is 4.74 Å². The molecule has 0 bridgehead atoms. The van der Waals surface area contributed by atoms with Gasteiger partial charge in [0.25, 0.3) is 0 Å². The summed E-state index contributed by atoms with van der Waals surface area (Å²) >= 11 is 0. The summed E-state index contributed by atoms with van der Waals surface area (Å²) < 4.78 is 17.4. The predicted molar refractivity (Wildman–Crippen MR) is 122 cm³/mol. The van der Waals surface area contributed by atoms with E-state index in [1.54, 1.807) is 6.07 Å². The van der Waals surface area contributed by atoms with Crippen molar-refractivity contribution in [1.82, 2.24) is 0 Å². The van der Waals surface area contributed by atoms with Gasteiger partial charge in [-0.25, -0.2) is 4.79 Å². The van der Waals surface area contributed by atoms with E-state index < -0.39 is 48.4 Å². The quantitative estimate of drug-likeness (QED) is 0.235. The third-order valence-corrected chi connectivity index (χ3v) is 7.15. The van der Waals surface area contributed by atoms with Crippen LogP contribution in [0.4, 0.5) is 0 Å². The number of ether oxygens (including phenoxy) is 3. The Kier molecular flexibility index (Phi) is 5.05. The van der Waals surface area contributed by atoms with Crippen LogP contribution >= 0.6 is 0 Å². The van der Waals surface area contributed by atoms with Crippen molar-refractivity contribution < 1.29 is 54.8 Å². The number of rotatable bonds is 2. The van der Waals surface area contributed by atoms with Crippen LogP contribution in [0.1, 0.15) is 32.6 Å². The van der Waals surface area contributed by atoms with Gasteiger partial charge in [-0.1, -0.05) is 18.2 Å². The summed E-state index contributed by atoms with van der Waals surface area (Å²) in [6, 6.07) is 12.8. The Balaban J connectivity index is 1.62. The Morgan fingerprint density at radius 1 is 0.811 bits per heavy atom. The summed E-state index contributed by atoms with van der Waals surface area (Å²) in [5.74, 6) is -3.55.